The van der Waals surface area contributed by atoms with Crippen LogP contribution in [-0.2, 0) is 20.7 Å². The van der Waals surface area contributed by atoms with Gasteiger partial charge in [0.1, 0.15) is 0 Å². The number of anilines is 1. The van der Waals surface area contributed by atoms with Gasteiger partial charge in [0.15, 0.2) is 11.9 Å². The quantitative estimate of drug-likeness (QED) is 0.753. The number of benzene rings is 1. The molecule has 1 amide bonds. The first-order valence-corrected chi connectivity index (χ1v) is 9.94. The van der Waals surface area contributed by atoms with E-state index >= 15 is 0 Å². The van der Waals surface area contributed by atoms with E-state index in [4.69, 9.17) is 9.26 Å². The van der Waals surface area contributed by atoms with Crippen LogP contribution in [0.4, 0.5) is 5.69 Å². The van der Waals surface area contributed by atoms with E-state index in [-0.39, 0.29) is 23.7 Å². The largest absolute Gasteiger partial charge is 0.452 e. The van der Waals surface area contributed by atoms with Gasteiger partial charge in [-0.2, -0.15) is 4.98 Å². The lowest BCUT2D eigenvalue weighted by atomic mass is 9.78. The predicted molar refractivity (Wildman–Crippen MR) is 101 cm³/mol. The first kappa shape index (κ1) is 18.7. The zero-order valence-corrected chi connectivity index (χ0v) is 16.3. The molecule has 0 bridgehead atoms. The molecule has 1 aromatic carbocycles. The minimum atomic E-state index is -0.626. The van der Waals surface area contributed by atoms with Gasteiger partial charge in [-0.1, -0.05) is 36.2 Å². The van der Waals surface area contributed by atoms with E-state index in [1.807, 2.05) is 23.1 Å². The minimum Gasteiger partial charge on any atom is -0.452 e. The maximum atomic E-state index is 13.3. The number of amides is 1. The van der Waals surface area contributed by atoms with Crippen LogP contribution in [0.1, 0.15) is 56.0 Å². The van der Waals surface area contributed by atoms with Crippen molar-refractivity contribution in [3.05, 3.63) is 41.5 Å². The van der Waals surface area contributed by atoms with Crippen molar-refractivity contribution < 1.29 is 18.8 Å². The number of hydrogen-bond donors (Lipinski definition) is 0. The second-order valence-corrected chi connectivity index (χ2v) is 7.62. The normalized spacial score (nSPS) is 22.6. The van der Waals surface area contributed by atoms with E-state index in [9.17, 15) is 9.59 Å². The van der Waals surface area contributed by atoms with Crippen LogP contribution in [0.5, 0.6) is 0 Å². The summed E-state index contributed by atoms with van der Waals surface area (Å²) in [6.45, 7) is 4.10. The molecule has 2 aliphatic rings. The summed E-state index contributed by atoms with van der Waals surface area (Å²) in [5.74, 6) is -0.319. The summed E-state index contributed by atoms with van der Waals surface area (Å²) in [7, 11) is 0. The lowest BCUT2D eigenvalue weighted by Gasteiger charge is -2.32. The van der Waals surface area contributed by atoms with Crippen LogP contribution >= 0.6 is 0 Å². The maximum Gasteiger partial charge on any atom is 0.310 e. The van der Waals surface area contributed by atoms with Gasteiger partial charge < -0.3 is 14.2 Å². The van der Waals surface area contributed by atoms with Gasteiger partial charge >= 0.3 is 5.97 Å². The molecule has 1 aromatic heterocycles. The van der Waals surface area contributed by atoms with Crippen molar-refractivity contribution in [2.45, 2.75) is 52.1 Å². The summed E-state index contributed by atoms with van der Waals surface area (Å²) >= 11 is 0. The molecule has 148 valence electrons. The number of fused-ring (bicyclic) bond motifs is 1. The molecule has 0 radical (unpaired) electrons. The highest BCUT2D eigenvalue weighted by Gasteiger charge is 2.41. The van der Waals surface area contributed by atoms with Crippen LogP contribution in [0, 0.1) is 18.8 Å². The molecule has 7 heteroatoms. The Labute approximate surface area is 164 Å². The van der Waals surface area contributed by atoms with Crippen LogP contribution < -0.4 is 4.90 Å². The van der Waals surface area contributed by atoms with Crippen LogP contribution in [0.25, 0.3) is 0 Å². The fourth-order valence-corrected chi connectivity index (χ4v) is 4.27. The molecule has 1 aliphatic carbocycles. The molecule has 2 heterocycles. The molecule has 0 saturated heterocycles. The molecular formula is C21H25N3O4. The molecule has 0 spiro atoms. The summed E-state index contributed by atoms with van der Waals surface area (Å²) < 4.78 is 10.7. The molecule has 3 atom stereocenters. The van der Waals surface area contributed by atoms with Crippen LogP contribution in [-0.4, -0.2) is 28.6 Å². The number of aryl methyl sites for hydroxylation is 1. The van der Waals surface area contributed by atoms with Crippen molar-refractivity contribution in [3.63, 3.8) is 0 Å². The van der Waals surface area contributed by atoms with Gasteiger partial charge in [-0.05, 0) is 44.7 Å². The second kappa shape index (κ2) is 7.73. The van der Waals surface area contributed by atoms with Crippen LogP contribution in [0.3, 0.4) is 0 Å². The van der Waals surface area contributed by atoms with E-state index < -0.39 is 12.0 Å². The Morgan fingerprint density at radius 2 is 1.96 bits per heavy atom. The van der Waals surface area contributed by atoms with Gasteiger partial charge in [0.2, 0.25) is 5.91 Å². The lowest BCUT2D eigenvalue weighted by molar-refractivity contribution is -0.160. The second-order valence-electron chi connectivity index (χ2n) is 7.62. The summed E-state index contributed by atoms with van der Waals surface area (Å²) in [5, 5.41) is 3.74. The number of rotatable bonds is 4. The molecule has 1 aliphatic heterocycles. The number of nitrogens with zero attached hydrogens (tertiary/aromatic N) is 3. The fourth-order valence-electron chi connectivity index (χ4n) is 4.27. The monoisotopic (exact) mass is 383 g/mol. The molecule has 1 fully saturated rings. The number of aromatic nitrogens is 2. The summed E-state index contributed by atoms with van der Waals surface area (Å²) in [6.07, 6.45) is 3.49. The zero-order chi connectivity index (χ0) is 19.7. The van der Waals surface area contributed by atoms with Crippen molar-refractivity contribution in [3.8, 4) is 0 Å². The SMILES string of the molecule is Cc1noc(C(C)OC(=O)C2CCCCC2C(=O)N2CCc3ccccc32)n1. The third-order valence-electron chi connectivity index (χ3n) is 5.72. The Balaban J connectivity index is 1.48. The standard InChI is InChI=1S/C21H25N3O4/c1-13(19-22-14(2)23-28-19)27-21(26)17-9-5-4-8-16(17)20(25)24-12-11-15-7-3-6-10-18(15)24/h3,6-7,10,13,16-17H,4-5,8-9,11-12H2,1-2H3. The van der Waals surface area contributed by atoms with Crippen molar-refractivity contribution in [1.82, 2.24) is 10.1 Å². The van der Waals surface area contributed by atoms with E-state index in [2.05, 4.69) is 16.2 Å². The Hall–Kier alpha value is -2.70. The maximum absolute atomic E-state index is 13.3. The first-order chi connectivity index (χ1) is 13.5. The van der Waals surface area contributed by atoms with Crippen LogP contribution in [0.15, 0.2) is 28.8 Å². The molecule has 4 rings (SSSR count). The van der Waals surface area contributed by atoms with Crippen molar-refractivity contribution in [1.29, 1.82) is 0 Å². The number of carbonyl (C=O) groups excluding carboxylic acids is 2. The van der Waals surface area contributed by atoms with Gasteiger partial charge in [0.05, 0.1) is 11.8 Å². The highest BCUT2D eigenvalue weighted by molar-refractivity contribution is 5.99. The van der Waals surface area contributed by atoms with Crippen molar-refractivity contribution in [2.24, 2.45) is 11.8 Å². The lowest BCUT2D eigenvalue weighted by Crippen LogP contribution is -2.42. The molecule has 3 unspecified atom stereocenters. The highest BCUT2D eigenvalue weighted by atomic mass is 16.6. The minimum absolute atomic E-state index is 0.0351. The zero-order valence-electron chi connectivity index (χ0n) is 16.3. The van der Waals surface area contributed by atoms with Crippen LogP contribution in [0.2, 0.25) is 0 Å². The average Bonchev–Trinajstić information content (AvgIpc) is 3.33. The molecular weight excluding hydrogens is 358 g/mol. The number of para-hydroxylation sites is 1. The van der Waals surface area contributed by atoms with Gasteiger partial charge in [0.25, 0.3) is 5.89 Å². The Morgan fingerprint density at radius 1 is 1.21 bits per heavy atom. The fraction of sp³-hybridized carbons (Fsp3) is 0.524. The first-order valence-electron chi connectivity index (χ1n) is 9.94. The van der Waals surface area contributed by atoms with E-state index in [0.29, 0.717) is 25.2 Å². The molecule has 2 aromatic rings. The van der Waals surface area contributed by atoms with Gasteiger partial charge in [-0.15, -0.1) is 0 Å². The van der Waals surface area contributed by atoms with Gasteiger partial charge in [-0.25, -0.2) is 0 Å². The summed E-state index contributed by atoms with van der Waals surface area (Å²) in [4.78, 5) is 32.2. The number of carbonyl (C=O) groups is 2. The van der Waals surface area contributed by atoms with E-state index in [1.165, 1.54) is 5.56 Å². The number of ether oxygens (including phenoxy) is 1. The molecule has 0 N–H and O–H groups in total. The van der Waals surface area contributed by atoms with E-state index in [1.54, 1.807) is 13.8 Å². The molecule has 1 saturated carbocycles. The molecule has 28 heavy (non-hydrogen) atoms. The van der Waals surface area contributed by atoms with Gasteiger partial charge in [-0.3, -0.25) is 9.59 Å². The molecule has 7 nitrogen and oxygen atoms in total. The Bertz CT molecular complexity index is 878. The average molecular weight is 383 g/mol. The highest BCUT2D eigenvalue weighted by Crippen LogP contribution is 2.37. The number of esters is 1. The topological polar surface area (TPSA) is 85.5 Å². The third kappa shape index (κ3) is 3.53. The van der Waals surface area contributed by atoms with Gasteiger partial charge in [0, 0.05) is 12.2 Å². The summed E-state index contributed by atoms with van der Waals surface area (Å²) in [5.41, 5.74) is 2.16. The Morgan fingerprint density at radius 3 is 2.71 bits per heavy atom. The predicted octanol–water partition coefficient (Wildman–Crippen LogP) is 3.38. The number of hydrogen-bond acceptors (Lipinski definition) is 6. The van der Waals surface area contributed by atoms with E-state index in [0.717, 1.165) is 24.9 Å². The third-order valence-corrected chi connectivity index (χ3v) is 5.72. The smallest absolute Gasteiger partial charge is 0.310 e. The summed E-state index contributed by atoms with van der Waals surface area (Å²) in [6, 6.07) is 7.99. The van der Waals surface area contributed by atoms with Crippen molar-refractivity contribution in [2.75, 3.05) is 11.4 Å². The van der Waals surface area contributed by atoms with Crippen molar-refractivity contribution >= 4 is 17.6 Å². The Kier molecular flexibility index (Phi) is 5.15.